The van der Waals surface area contributed by atoms with Gasteiger partial charge in [-0.1, -0.05) is 18.2 Å². The van der Waals surface area contributed by atoms with E-state index in [9.17, 15) is 0 Å². The lowest BCUT2D eigenvalue weighted by Gasteiger charge is -2.02. The third-order valence-corrected chi connectivity index (χ3v) is 3.39. The maximum absolute atomic E-state index is 5.77. The van der Waals surface area contributed by atoms with E-state index in [2.05, 4.69) is 21.7 Å². The summed E-state index contributed by atoms with van der Waals surface area (Å²) in [4.78, 5) is 8.87. The number of nitrogens with zero attached hydrogens (tertiary/aromatic N) is 3. The molecule has 2 heterocycles. The van der Waals surface area contributed by atoms with Gasteiger partial charge in [0.1, 0.15) is 5.82 Å². The number of benzene rings is 1. The molecule has 4 nitrogen and oxygen atoms in total. The Hall–Kier alpha value is -2.20. The fraction of sp³-hybridized carbons (Fsp3) is 0.200. The van der Waals surface area contributed by atoms with Crippen molar-refractivity contribution in [3.63, 3.8) is 0 Å². The minimum absolute atomic E-state index is 0.515. The van der Waals surface area contributed by atoms with Crippen LogP contribution in [0.2, 0.25) is 0 Å². The van der Waals surface area contributed by atoms with Crippen LogP contribution < -0.4 is 5.73 Å². The lowest BCUT2D eigenvalue weighted by Crippen LogP contribution is -1.99. The normalized spacial score (nSPS) is 11.1. The molecule has 3 aromatic rings. The average molecular weight is 252 g/mol. The van der Waals surface area contributed by atoms with Crippen LogP contribution in [0.1, 0.15) is 17.0 Å². The molecule has 0 spiro atoms. The van der Waals surface area contributed by atoms with E-state index in [-0.39, 0.29) is 0 Å². The smallest absolute Gasteiger partial charge is 0.114 e. The quantitative estimate of drug-likeness (QED) is 0.776. The highest BCUT2D eigenvalue weighted by molar-refractivity contribution is 5.79. The fourth-order valence-electron chi connectivity index (χ4n) is 2.33. The number of fused-ring (bicyclic) bond motifs is 1. The number of rotatable bonds is 3. The zero-order valence-electron chi connectivity index (χ0n) is 10.9. The number of pyridine rings is 1. The lowest BCUT2D eigenvalue weighted by molar-refractivity contribution is 0.842. The highest BCUT2D eigenvalue weighted by Crippen LogP contribution is 2.20. The third-order valence-electron chi connectivity index (χ3n) is 3.39. The molecule has 96 valence electrons. The molecule has 0 radical (unpaired) electrons. The van der Waals surface area contributed by atoms with Crippen LogP contribution in [0.3, 0.4) is 0 Å². The minimum atomic E-state index is 0.515. The minimum Gasteiger partial charge on any atom is -0.331 e. The monoisotopic (exact) mass is 252 g/mol. The Bertz CT molecular complexity index is 701. The molecule has 0 amide bonds. The van der Waals surface area contributed by atoms with Crippen molar-refractivity contribution in [2.75, 3.05) is 0 Å². The zero-order chi connectivity index (χ0) is 13.2. The van der Waals surface area contributed by atoms with Gasteiger partial charge < -0.3 is 10.3 Å². The third kappa shape index (κ3) is 2.11. The first-order chi connectivity index (χ1) is 9.29. The molecule has 1 aromatic carbocycles. The maximum atomic E-state index is 5.77. The molecule has 0 saturated carbocycles. The molecule has 0 unspecified atom stereocenters. The van der Waals surface area contributed by atoms with Crippen molar-refractivity contribution in [2.24, 2.45) is 12.8 Å². The van der Waals surface area contributed by atoms with E-state index in [1.54, 1.807) is 6.20 Å². The molecule has 0 aliphatic carbocycles. The summed E-state index contributed by atoms with van der Waals surface area (Å²) >= 11 is 0. The Morgan fingerprint density at radius 1 is 1.21 bits per heavy atom. The van der Waals surface area contributed by atoms with E-state index in [0.29, 0.717) is 6.54 Å². The van der Waals surface area contributed by atoms with Gasteiger partial charge in [0.15, 0.2) is 0 Å². The van der Waals surface area contributed by atoms with Gasteiger partial charge in [-0.3, -0.25) is 4.98 Å². The first-order valence-corrected chi connectivity index (χ1v) is 6.31. The zero-order valence-corrected chi connectivity index (χ0v) is 10.9. The molecule has 3 rings (SSSR count). The van der Waals surface area contributed by atoms with Crippen LogP contribution in [0.15, 0.2) is 42.7 Å². The van der Waals surface area contributed by atoms with Crippen LogP contribution in [0.4, 0.5) is 0 Å². The highest BCUT2D eigenvalue weighted by Gasteiger charge is 2.10. The Morgan fingerprint density at radius 3 is 2.84 bits per heavy atom. The van der Waals surface area contributed by atoms with Gasteiger partial charge in [-0.25, -0.2) is 4.98 Å². The second-order valence-corrected chi connectivity index (χ2v) is 4.61. The first-order valence-electron chi connectivity index (χ1n) is 6.31. The number of nitrogens with two attached hydrogens (primary N) is 1. The van der Waals surface area contributed by atoms with Crippen LogP contribution in [0.25, 0.3) is 11.0 Å². The molecule has 0 atom stereocenters. The molecule has 0 aliphatic heterocycles. The van der Waals surface area contributed by atoms with Gasteiger partial charge in [0.2, 0.25) is 0 Å². The standard InChI is InChI=1S/C15H16N4/c1-19-13-6-2-5-12(9-16)15(13)18-14(19)8-11-4-3-7-17-10-11/h2-7,10H,8-9,16H2,1H3. The van der Waals surface area contributed by atoms with E-state index in [0.717, 1.165) is 34.4 Å². The van der Waals surface area contributed by atoms with Gasteiger partial charge in [-0.05, 0) is 23.3 Å². The molecule has 0 fully saturated rings. The molecule has 4 heteroatoms. The molecule has 0 bridgehead atoms. The molecule has 2 aromatic heterocycles. The van der Waals surface area contributed by atoms with E-state index < -0.39 is 0 Å². The van der Waals surface area contributed by atoms with Gasteiger partial charge in [0.05, 0.1) is 11.0 Å². The van der Waals surface area contributed by atoms with E-state index in [1.165, 1.54) is 0 Å². The van der Waals surface area contributed by atoms with Crippen LogP contribution in [-0.2, 0) is 20.0 Å². The van der Waals surface area contributed by atoms with Gasteiger partial charge >= 0.3 is 0 Å². The summed E-state index contributed by atoms with van der Waals surface area (Å²) in [5, 5.41) is 0. The number of hydrogen-bond acceptors (Lipinski definition) is 3. The molecular formula is C15H16N4. The van der Waals surface area contributed by atoms with Crippen molar-refractivity contribution in [2.45, 2.75) is 13.0 Å². The highest BCUT2D eigenvalue weighted by atomic mass is 15.1. The summed E-state index contributed by atoms with van der Waals surface area (Å²) in [6.45, 7) is 0.515. The van der Waals surface area contributed by atoms with Crippen molar-refractivity contribution in [3.05, 3.63) is 59.7 Å². The second-order valence-electron chi connectivity index (χ2n) is 4.61. The summed E-state index contributed by atoms with van der Waals surface area (Å²) in [5.74, 6) is 1.03. The summed E-state index contributed by atoms with van der Waals surface area (Å²) in [5.41, 5.74) is 10.2. The van der Waals surface area contributed by atoms with E-state index in [1.807, 2.05) is 31.4 Å². The lowest BCUT2D eigenvalue weighted by atomic mass is 10.2. The predicted octanol–water partition coefficient (Wildman–Crippen LogP) is 2.02. The number of aromatic nitrogens is 3. The predicted molar refractivity (Wildman–Crippen MR) is 75.6 cm³/mol. The number of imidazole rings is 1. The van der Waals surface area contributed by atoms with Crippen LogP contribution in [-0.4, -0.2) is 14.5 Å². The molecule has 0 saturated heterocycles. The molecule has 2 N–H and O–H groups in total. The van der Waals surface area contributed by atoms with Crippen molar-refractivity contribution < 1.29 is 0 Å². The van der Waals surface area contributed by atoms with Gasteiger partial charge in [0.25, 0.3) is 0 Å². The van der Waals surface area contributed by atoms with Crippen LogP contribution >= 0.6 is 0 Å². The molecular weight excluding hydrogens is 236 g/mol. The SMILES string of the molecule is Cn1c(Cc2cccnc2)nc2c(CN)cccc21. The number of aryl methyl sites for hydroxylation is 1. The number of hydrogen-bond donors (Lipinski definition) is 1. The van der Waals surface area contributed by atoms with Crippen LogP contribution in [0.5, 0.6) is 0 Å². The molecule has 19 heavy (non-hydrogen) atoms. The van der Waals surface area contributed by atoms with Crippen molar-refractivity contribution >= 4 is 11.0 Å². The van der Waals surface area contributed by atoms with Crippen LogP contribution in [0, 0.1) is 0 Å². The van der Waals surface area contributed by atoms with Crippen molar-refractivity contribution in [1.29, 1.82) is 0 Å². The summed E-state index contributed by atoms with van der Waals surface area (Å²) in [6.07, 6.45) is 4.44. The van der Waals surface area contributed by atoms with Gasteiger partial charge in [-0.2, -0.15) is 0 Å². The van der Waals surface area contributed by atoms with Crippen molar-refractivity contribution in [3.8, 4) is 0 Å². The molecule has 0 aliphatic rings. The second kappa shape index (κ2) is 4.82. The van der Waals surface area contributed by atoms with Gasteiger partial charge in [-0.15, -0.1) is 0 Å². The first kappa shape index (κ1) is 11.9. The Morgan fingerprint density at radius 2 is 2.11 bits per heavy atom. The largest absolute Gasteiger partial charge is 0.331 e. The topological polar surface area (TPSA) is 56.7 Å². The fourth-order valence-corrected chi connectivity index (χ4v) is 2.33. The Labute approximate surface area is 111 Å². The average Bonchev–Trinajstić information content (AvgIpc) is 2.77. The summed E-state index contributed by atoms with van der Waals surface area (Å²) in [7, 11) is 2.04. The van der Waals surface area contributed by atoms with Crippen molar-refractivity contribution in [1.82, 2.24) is 14.5 Å². The van der Waals surface area contributed by atoms with E-state index >= 15 is 0 Å². The number of para-hydroxylation sites is 1. The Kier molecular flexibility index (Phi) is 3.01. The van der Waals surface area contributed by atoms with Gasteiger partial charge in [0, 0.05) is 32.4 Å². The summed E-state index contributed by atoms with van der Waals surface area (Å²) in [6, 6.07) is 10.1. The Balaban J connectivity index is 2.08. The summed E-state index contributed by atoms with van der Waals surface area (Å²) < 4.78 is 2.13. The maximum Gasteiger partial charge on any atom is 0.114 e. The van der Waals surface area contributed by atoms with E-state index in [4.69, 9.17) is 10.7 Å².